The molecule has 1 aromatic heterocycles. The lowest BCUT2D eigenvalue weighted by Gasteiger charge is -2.15. The molecule has 0 unspecified atom stereocenters. The van der Waals surface area contributed by atoms with Crippen LogP contribution < -0.4 is 11.1 Å². The first-order chi connectivity index (χ1) is 12.1. The fraction of sp³-hybridized carbons (Fsp3) is 0.263. The first-order valence-corrected chi connectivity index (χ1v) is 8.71. The van der Waals surface area contributed by atoms with Gasteiger partial charge in [-0.3, -0.25) is 0 Å². The van der Waals surface area contributed by atoms with Crippen LogP contribution in [0.5, 0.6) is 5.75 Å². The third-order valence-electron chi connectivity index (χ3n) is 3.99. The number of phenolic OH excluding ortho intramolecular Hbond substituents is 1. The fourth-order valence-corrected chi connectivity index (χ4v) is 2.89. The number of aromatic nitrogens is 2. The Bertz CT molecular complexity index is 884. The number of nitrogens with zero attached hydrogens (tertiary/aromatic N) is 2. The monoisotopic (exact) mass is 356 g/mol. The number of halogens is 1. The van der Waals surface area contributed by atoms with Gasteiger partial charge in [-0.2, -0.15) is 0 Å². The topological polar surface area (TPSA) is 84.1 Å². The van der Waals surface area contributed by atoms with Gasteiger partial charge in [0.1, 0.15) is 11.6 Å². The van der Waals surface area contributed by atoms with Crippen LogP contribution in [0.25, 0.3) is 22.3 Å². The second-order valence-electron chi connectivity index (χ2n) is 6.00. The van der Waals surface area contributed by atoms with Crippen LogP contribution in [0, 0.1) is 0 Å². The molecule has 0 spiro atoms. The van der Waals surface area contributed by atoms with Crippen molar-refractivity contribution in [2.75, 3.05) is 11.9 Å². The van der Waals surface area contributed by atoms with Crippen molar-refractivity contribution in [3.63, 3.8) is 0 Å². The van der Waals surface area contributed by atoms with Crippen molar-refractivity contribution < 1.29 is 5.11 Å². The summed E-state index contributed by atoms with van der Waals surface area (Å²) in [5.74, 6) is 1.21. The number of aromatic hydroxyl groups is 1. The molecule has 6 heteroatoms. The van der Waals surface area contributed by atoms with Gasteiger partial charge in [-0.1, -0.05) is 37.1 Å². The van der Waals surface area contributed by atoms with Crippen LogP contribution in [0.2, 0.25) is 5.02 Å². The molecule has 0 aliphatic carbocycles. The number of anilines is 1. The number of nitrogens with one attached hydrogen (secondary N) is 1. The maximum atomic E-state index is 10.2. The molecule has 5 nitrogen and oxygen atoms in total. The normalized spacial score (nSPS) is 12.3. The number of fused-ring (bicyclic) bond motifs is 1. The maximum absolute atomic E-state index is 10.2. The smallest absolute Gasteiger partial charge is 0.165 e. The van der Waals surface area contributed by atoms with Crippen LogP contribution in [-0.4, -0.2) is 27.7 Å². The maximum Gasteiger partial charge on any atom is 0.165 e. The quantitative estimate of drug-likeness (QED) is 0.616. The molecule has 0 amide bonds. The minimum absolute atomic E-state index is 0.0572. The Morgan fingerprint density at radius 3 is 2.80 bits per heavy atom. The summed E-state index contributed by atoms with van der Waals surface area (Å²) in [7, 11) is 0. The van der Waals surface area contributed by atoms with Crippen molar-refractivity contribution in [2.45, 2.75) is 25.8 Å². The highest BCUT2D eigenvalue weighted by Crippen LogP contribution is 2.32. The third kappa shape index (κ3) is 4.00. The molecule has 130 valence electrons. The van der Waals surface area contributed by atoms with Crippen LogP contribution in [0.4, 0.5) is 5.82 Å². The Kier molecular flexibility index (Phi) is 5.36. The van der Waals surface area contributed by atoms with Gasteiger partial charge in [0.25, 0.3) is 0 Å². The molecule has 3 aromatic rings. The van der Waals surface area contributed by atoms with E-state index in [-0.39, 0.29) is 11.8 Å². The molecule has 25 heavy (non-hydrogen) atoms. The van der Waals surface area contributed by atoms with Crippen LogP contribution in [0.15, 0.2) is 42.5 Å². The van der Waals surface area contributed by atoms with Crippen molar-refractivity contribution >= 4 is 28.3 Å². The average Bonchev–Trinajstić information content (AvgIpc) is 2.61. The minimum atomic E-state index is 0.0572. The van der Waals surface area contributed by atoms with Crippen LogP contribution in [0.1, 0.15) is 19.8 Å². The summed E-state index contributed by atoms with van der Waals surface area (Å²) in [5, 5.41) is 14.9. The van der Waals surface area contributed by atoms with E-state index in [0.717, 1.165) is 23.7 Å². The predicted molar refractivity (Wildman–Crippen MR) is 103 cm³/mol. The number of benzene rings is 2. The Balaban J connectivity index is 2.04. The van der Waals surface area contributed by atoms with Crippen molar-refractivity contribution in [2.24, 2.45) is 5.73 Å². The zero-order valence-electron chi connectivity index (χ0n) is 14.0. The van der Waals surface area contributed by atoms with Gasteiger partial charge in [0.05, 0.1) is 11.1 Å². The first kappa shape index (κ1) is 17.5. The first-order valence-electron chi connectivity index (χ1n) is 8.33. The highest BCUT2D eigenvalue weighted by Gasteiger charge is 2.13. The Labute approximate surface area is 151 Å². The van der Waals surface area contributed by atoms with E-state index in [9.17, 15) is 5.11 Å². The molecule has 0 aliphatic heterocycles. The van der Waals surface area contributed by atoms with Gasteiger partial charge < -0.3 is 16.2 Å². The summed E-state index contributed by atoms with van der Waals surface area (Å²) in [6.45, 7) is 2.73. The Morgan fingerprint density at radius 1 is 1.20 bits per heavy atom. The van der Waals surface area contributed by atoms with E-state index in [0.29, 0.717) is 28.8 Å². The molecule has 4 N–H and O–H groups in total. The molecule has 0 radical (unpaired) electrons. The lowest BCUT2D eigenvalue weighted by atomic mass is 10.1. The third-order valence-corrected chi connectivity index (χ3v) is 4.23. The van der Waals surface area contributed by atoms with E-state index in [1.807, 2.05) is 24.3 Å². The molecule has 0 saturated heterocycles. The number of nitrogens with two attached hydrogens (primary N) is 1. The van der Waals surface area contributed by atoms with Crippen molar-refractivity contribution in [1.82, 2.24) is 9.97 Å². The van der Waals surface area contributed by atoms with E-state index in [4.69, 9.17) is 17.3 Å². The molecule has 1 atom stereocenters. The molecule has 2 aromatic carbocycles. The summed E-state index contributed by atoms with van der Waals surface area (Å²) < 4.78 is 0. The highest BCUT2D eigenvalue weighted by atomic mass is 35.5. The van der Waals surface area contributed by atoms with Gasteiger partial charge in [0.2, 0.25) is 0 Å². The second kappa shape index (κ2) is 7.68. The van der Waals surface area contributed by atoms with Crippen LogP contribution in [0.3, 0.4) is 0 Å². The molecule has 0 fully saturated rings. The van der Waals surface area contributed by atoms with Crippen molar-refractivity contribution in [3.8, 4) is 17.1 Å². The predicted octanol–water partition coefficient (Wildman–Crippen LogP) is 4.20. The van der Waals surface area contributed by atoms with Crippen molar-refractivity contribution in [3.05, 3.63) is 47.5 Å². The lowest BCUT2D eigenvalue weighted by Crippen LogP contribution is -2.29. The molecule has 0 aliphatic rings. The van der Waals surface area contributed by atoms with E-state index in [1.54, 1.807) is 18.2 Å². The molecule has 3 rings (SSSR count). The summed E-state index contributed by atoms with van der Waals surface area (Å²) in [6, 6.07) is 12.6. The SMILES string of the molecule is CCC[C@@H](N)CNc1nc(-c2cc(Cl)ccc2O)nc2ccccc12. The van der Waals surface area contributed by atoms with E-state index >= 15 is 0 Å². The number of hydrogen-bond acceptors (Lipinski definition) is 5. The summed E-state index contributed by atoms with van der Waals surface area (Å²) in [4.78, 5) is 9.18. The van der Waals surface area contributed by atoms with Gasteiger partial charge in [0.15, 0.2) is 5.82 Å². The van der Waals surface area contributed by atoms with Gasteiger partial charge in [0, 0.05) is 23.0 Å². The van der Waals surface area contributed by atoms with Gasteiger partial charge in [-0.25, -0.2) is 9.97 Å². The number of para-hydroxylation sites is 1. The Morgan fingerprint density at radius 2 is 2.00 bits per heavy atom. The van der Waals surface area contributed by atoms with E-state index < -0.39 is 0 Å². The summed E-state index contributed by atoms with van der Waals surface area (Å²) >= 11 is 6.06. The zero-order valence-corrected chi connectivity index (χ0v) is 14.8. The lowest BCUT2D eigenvalue weighted by molar-refractivity contribution is 0.477. The van der Waals surface area contributed by atoms with Crippen LogP contribution >= 0.6 is 11.6 Å². The van der Waals surface area contributed by atoms with E-state index in [1.165, 1.54) is 0 Å². The minimum Gasteiger partial charge on any atom is -0.507 e. The standard InChI is InChI=1S/C19H21ClN4O/c1-2-5-13(21)11-22-18-14-6-3-4-7-16(14)23-19(24-18)15-10-12(20)8-9-17(15)25/h3-4,6-10,13,25H,2,5,11,21H2,1H3,(H,22,23,24)/t13-/m1/s1. The fourth-order valence-electron chi connectivity index (χ4n) is 2.72. The average molecular weight is 357 g/mol. The molecule has 0 saturated carbocycles. The molecule has 0 bridgehead atoms. The molecule has 1 heterocycles. The molecular formula is C19H21ClN4O. The zero-order chi connectivity index (χ0) is 17.8. The van der Waals surface area contributed by atoms with E-state index in [2.05, 4.69) is 22.2 Å². The summed E-state index contributed by atoms with van der Waals surface area (Å²) in [6.07, 6.45) is 1.98. The van der Waals surface area contributed by atoms with Crippen LogP contribution in [-0.2, 0) is 0 Å². The van der Waals surface area contributed by atoms with Gasteiger partial charge in [-0.05, 0) is 36.8 Å². The largest absolute Gasteiger partial charge is 0.507 e. The number of phenols is 1. The number of rotatable bonds is 6. The van der Waals surface area contributed by atoms with Gasteiger partial charge in [-0.15, -0.1) is 0 Å². The number of hydrogen-bond donors (Lipinski definition) is 3. The highest BCUT2D eigenvalue weighted by molar-refractivity contribution is 6.30. The second-order valence-corrected chi connectivity index (χ2v) is 6.44. The molecular weight excluding hydrogens is 336 g/mol. The summed E-state index contributed by atoms with van der Waals surface area (Å²) in [5.41, 5.74) is 7.40. The Hall–Kier alpha value is -2.37. The van der Waals surface area contributed by atoms with Gasteiger partial charge >= 0.3 is 0 Å². The van der Waals surface area contributed by atoms with Crippen molar-refractivity contribution in [1.29, 1.82) is 0 Å².